The number of carbonyl (C=O) groups is 1. The first-order chi connectivity index (χ1) is 10.6. The maximum absolute atomic E-state index is 11.5. The zero-order valence-electron chi connectivity index (χ0n) is 11.6. The fourth-order valence-electron chi connectivity index (χ4n) is 2.57. The fraction of sp³-hybridized carbons (Fsp3) is 0.200. The van der Waals surface area contributed by atoms with Gasteiger partial charge in [-0.2, -0.15) is 0 Å². The van der Waals surface area contributed by atoms with E-state index in [1.54, 1.807) is 23.6 Å². The van der Waals surface area contributed by atoms with Crippen LogP contribution < -0.4 is 9.47 Å². The quantitative estimate of drug-likeness (QED) is 0.803. The van der Waals surface area contributed by atoms with Gasteiger partial charge in [0.25, 0.3) is 0 Å². The fourth-order valence-corrected chi connectivity index (χ4v) is 3.28. The summed E-state index contributed by atoms with van der Waals surface area (Å²) in [7, 11) is 0. The van der Waals surface area contributed by atoms with Crippen LogP contribution in [-0.4, -0.2) is 27.4 Å². The Kier molecular flexibility index (Phi) is 2.83. The summed E-state index contributed by atoms with van der Waals surface area (Å²) < 4.78 is 12.5. The van der Waals surface area contributed by atoms with Gasteiger partial charge in [0.05, 0.1) is 15.9 Å². The molecule has 1 aromatic carbocycles. The molecule has 1 N–H and O–H groups in total. The molecule has 0 radical (unpaired) electrons. The van der Waals surface area contributed by atoms with Crippen molar-refractivity contribution in [3.05, 3.63) is 29.6 Å². The van der Waals surface area contributed by atoms with Gasteiger partial charge >= 0.3 is 5.97 Å². The summed E-state index contributed by atoms with van der Waals surface area (Å²) in [5, 5.41) is 11.4. The molecule has 4 rings (SSSR count). The Hall–Kier alpha value is -2.54. The van der Waals surface area contributed by atoms with Crippen LogP contribution in [0.2, 0.25) is 0 Å². The number of carboxylic acids is 1. The SMILES string of the molecule is CC(C(=O)O)n1c(-c2cccs2)nc2cc3c(cc21)OCO3. The second kappa shape index (κ2) is 4.74. The number of benzene rings is 1. The van der Waals surface area contributed by atoms with Crippen molar-refractivity contribution in [1.29, 1.82) is 0 Å². The van der Waals surface area contributed by atoms with Crippen molar-refractivity contribution in [3.63, 3.8) is 0 Å². The molecule has 3 heterocycles. The predicted octanol–water partition coefficient (Wildman–Crippen LogP) is 3.14. The van der Waals surface area contributed by atoms with E-state index in [1.807, 2.05) is 17.5 Å². The Balaban J connectivity index is 2.02. The molecule has 0 bridgehead atoms. The lowest BCUT2D eigenvalue weighted by atomic mass is 10.2. The van der Waals surface area contributed by atoms with Crippen LogP contribution in [0.5, 0.6) is 11.5 Å². The molecule has 112 valence electrons. The molecular weight excluding hydrogens is 304 g/mol. The molecular formula is C15H12N2O4S. The van der Waals surface area contributed by atoms with Gasteiger partial charge in [-0.25, -0.2) is 9.78 Å². The smallest absolute Gasteiger partial charge is 0.326 e. The van der Waals surface area contributed by atoms with E-state index in [2.05, 4.69) is 4.98 Å². The summed E-state index contributed by atoms with van der Waals surface area (Å²) in [4.78, 5) is 17.0. The largest absolute Gasteiger partial charge is 0.480 e. The molecule has 7 heteroatoms. The van der Waals surface area contributed by atoms with Crippen LogP contribution in [0.15, 0.2) is 29.6 Å². The van der Waals surface area contributed by atoms with Crippen LogP contribution in [0.3, 0.4) is 0 Å². The molecule has 0 amide bonds. The normalized spacial score (nSPS) is 14.4. The average Bonchev–Trinajstić information content (AvgIpc) is 3.21. The first-order valence-corrected chi connectivity index (χ1v) is 7.61. The zero-order valence-corrected chi connectivity index (χ0v) is 12.5. The summed E-state index contributed by atoms with van der Waals surface area (Å²) >= 11 is 1.52. The molecule has 0 aliphatic carbocycles. The average molecular weight is 316 g/mol. The van der Waals surface area contributed by atoms with Gasteiger partial charge in [-0.1, -0.05) is 6.07 Å². The molecule has 0 fully saturated rings. The monoisotopic (exact) mass is 316 g/mol. The molecule has 2 aromatic heterocycles. The van der Waals surface area contributed by atoms with Gasteiger partial charge in [-0.15, -0.1) is 11.3 Å². The van der Waals surface area contributed by atoms with Crippen molar-refractivity contribution in [2.45, 2.75) is 13.0 Å². The second-order valence-corrected chi connectivity index (χ2v) is 5.94. The lowest BCUT2D eigenvalue weighted by Crippen LogP contribution is -2.16. The molecule has 22 heavy (non-hydrogen) atoms. The summed E-state index contributed by atoms with van der Waals surface area (Å²) in [6, 6.07) is 6.70. The number of aromatic nitrogens is 2. The lowest BCUT2D eigenvalue weighted by molar-refractivity contribution is -0.140. The first-order valence-electron chi connectivity index (χ1n) is 6.73. The number of fused-ring (bicyclic) bond motifs is 2. The number of imidazole rings is 1. The number of rotatable bonds is 3. The maximum atomic E-state index is 11.5. The van der Waals surface area contributed by atoms with Gasteiger partial charge in [0.2, 0.25) is 6.79 Å². The van der Waals surface area contributed by atoms with Crippen molar-refractivity contribution >= 4 is 28.3 Å². The second-order valence-electron chi connectivity index (χ2n) is 4.99. The molecule has 1 unspecified atom stereocenters. The van der Waals surface area contributed by atoms with Crippen LogP contribution in [-0.2, 0) is 4.79 Å². The number of hydrogen-bond donors (Lipinski definition) is 1. The Morgan fingerprint density at radius 3 is 2.86 bits per heavy atom. The van der Waals surface area contributed by atoms with Gasteiger partial charge in [0.1, 0.15) is 6.04 Å². The number of ether oxygens (including phenoxy) is 2. The first kappa shape index (κ1) is 13.1. The van der Waals surface area contributed by atoms with E-state index in [4.69, 9.17) is 9.47 Å². The number of nitrogens with zero attached hydrogens (tertiary/aromatic N) is 2. The topological polar surface area (TPSA) is 73.6 Å². The van der Waals surface area contributed by atoms with E-state index in [-0.39, 0.29) is 6.79 Å². The third kappa shape index (κ3) is 1.86. The minimum Gasteiger partial charge on any atom is -0.480 e. The molecule has 1 aliphatic heterocycles. The van der Waals surface area contributed by atoms with Crippen LogP contribution in [0, 0.1) is 0 Å². The lowest BCUT2D eigenvalue weighted by Gasteiger charge is -2.13. The molecule has 6 nitrogen and oxygen atoms in total. The number of carboxylic acid groups (broad SMARTS) is 1. The van der Waals surface area contributed by atoms with Crippen molar-refractivity contribution in [3.8, 4) is 22.2 Å². The van der Waals surface area contributed by atoms with Gasteiger partial charge in [0, 0.05) is 12.1 Å². The van der Waals surface area contributed by atoms with Crippen molar-refractivity contribution in [1.82, 2.24) is 9.55 Å². The van der Waals surface area contributed by atoms with E-state index in [0.717, 1.165) is 10.4 Å². The van der Waals surface area contributed by atoms with E-state index in [1.165, 1.54) is 11.3 Å². The van der Waals surface area contributed by atoms with Gasteiger partial charge < -0.3 is 19.1 Å². The van der Waals surface area contributed by atoms with Crippen molar-refractivity contribution in [2.24, 2.45) is 0 Å². The van der Waals surface area contributed by atoms with E-state index in [0.29, 0.717) is 22.8 Å². The Labute approximate surface area is 129 Å². The highest BCUT2D eigenvalue weighted by Gasteiger charge is 2.25. The van der Waals surface area contributed by atoms with Crippen LogP contribution >= 0.6 is 11.3 Å². The highest BCUT2D eigenvalue weighted by Crippen LogP contribution is 2.39. The molecule has 1 atom stereocenters. The third-order valence-corrected chi connectivity index (χ3v) is 4.54. The molecule has 1 aliphatic rings. The summed E-state index contributed by atoms with van der Waals surface area (Å²) in [6.45, 7) is 1.82. The summed E-state index contributed by atoms with van der Waals surface area (Å²) in [5.41, 5.74) is 1.42. The zero-order chi connectivity index (χ0) is 15.3. The maximum Gasteiger partial charge on any atom is 0.326 e. The van der Waals surface area contributed by atoms with Gasteiger partial charge in [-0.05, 0) is 18.4 Å². The van der Waals surface area contributed by atoms with Crippen LogP contribution in [0.4, 0.5) is 0 Å². The molecule has 0 saturated heterocycles. The van der Waals surface area contributed by atoms with E-state index in [9.17, 15) is 9.90 Å². The molecule has 3 aromatic rings. The van der Waals surface area contributed by atoms with Crippen molar-refractivity contribution < 1.29 is 19.4 Å². The minimum absolute atomic E-state index is 0.175. The summed E-state index contributed by atoms with van der Waals surface area (Å²) in [6.07, 6.45) is 0. The molecule has 0 spiro atoms. The highest BCUT2D eigenvalue weighted by atomic mass is 32.1. The van der Waals surface area contributed by atoms with Gasteiger partial charge in [0.15, 0.2) is 17.3 Å². The molecule has 0 saturated carbocycles. The predicted molar refractivity (Wildman–Crippen MR) is 81.5 cm³/mol. The third-order valence-electron chi connectivity index (χ3n) is 3.67. The summed E-state index contributed by atoms with van der Waals surface area (Å²) in [5.74, 6) is 0.986. The minimum atomic E-state index is -0.908. The number of thiophene rings is 1. The van der Waals surface area contributed by atoms with Gasteiger partial charge in [-0.3, -0.25) is 0 Å². The number of aliphatic carboxylic acids is 1. The van der Waals surface area contributed by atoms with Crippen LogP contribution in [0.25, 0.3) is 21.7 Å². The Morgan fingerprint density at radius 2 is 2.18 bits per heavy atom. The Morgan fingerprint density at radius 1 is 1.41 bits per heavy atom. The van der Waals surface area contributed by atoms with Crippen molar-refractivity contribution in [2.75, 3.05) is 6.79 Å². The van der Waals surface area contributed by atoms with E-state index >= 15 is 0 Å². The highest BCUT2D eigenvalue weighted by molar-refractivity contribution is 7.13. The Bertz CT molecular complexity index is 869. The van der Waals surface area contributed by atoms with E-state index < -0.39 is 12.0 Å². The standard InChI is InChI=1S/C15H12N2O4S/c1-8(15(18)19)17-10-6-12-11(20-7-21-12)5-9(10)16-14(17)13-3-2-4-22-13/h2-6,8H,7H2,1H3,(H,18,19). The number of hydrogen-bond acceptors (Lipinski definition) is 5. The van der Waals surface area contributed by atoms with Crippen LogP contribution in [0.1, 0.15) is 13.0 Å².